The van der Waals surface area contributed by atoms with Gasteiger partial charge in [0.1, 0.15) is 42.7 Å². The standard InChI is InChI=1S/C26H42O13/c1-10-4-3-5-14(20(10)39-25-19(31)18(30)16(28)11(2)35-25)36-26-23-22(17(29)15(9-27)37-26)38-21(24(32)33)13-8-12(13)6-7-34-23/h10-23,25-31H,3-9H2,1-2H3,(H,32,33)/t10-,11?,12?,13?,14-,15?,16-,17+,18?,19+,20?,21-,22?,23?,25+,26-/m1/s1. The van der Waals surface area contributed by atoms with E-state index in [1.807, 2.05) is 6.92 Å². The number of aliphatic hydroxyl groups excluding tert-OH is 5. The lowest BCUT2D eigenvalue weighted by atomic mass is 9.85. The molecule has 5 fully saturated rings. The van der Waals surface area contributed by atoms with Gasteiger partial charge in [-0.25, -0.2) is 4.79 Å². The summed E-state index contributed by atoms with van der Waals surface area (Å²) in [7, 11) is 0. The molecule has 0 spiro atoms. The van der Waals surface area contributed by atoms with Crippen LogP contribution in [0.25, 0.3) is 0 Å². The molecule has 0 aromatic heterocycles. The zero-order chi connectivity index (χ0) is 28.0. The number of rotatable bonds is 6. The van der Waals surface area contributed by atoms with Gasteiger partial charge in [0.2, 0.25) is 0 Å². The van der Waals surface area contributed by atoms with Crippen molar-refractivity contribution < 1.29 is 63.9 Å². The summed E-state index contributed by atoms with van der Waals surface area (Å²) in [5, 5.41) is 61.5. The lowest BCUT2D eigenvalue weighted by Gasteiger charge is -2.47. The molecule has 0 amide bonds. The molecule has 13 nitrogen and oxygen atoms in total. The number of carbonyl (C=O) groups is 1. The maximum atomic E-state index is 12.0. The molecule has 6 N–H and O–H groups in total. The summed E-state index contributed by atoms with van der Waals surface area (Å²) in [5.74, 6) is -1.14. The van der Waals surface area contributed by atoms with Crippen LogP contribution in [0.15, 0.2) is 0 Å². The van der Waals surface area contributed by atoms with Gasteiger partial charge in [-0.15, -0.1) is 0 Å². The highest BCUT2D eigenvalue weighted by Gasteiger charge is 2.55. The van der Waals surface area contributed by atoms with Crippen molar-refractivity contribution in [2.75, 3.05) is 13.2 Å². The smallest absolute Gasteiger partial charge is 0.333 e. The summed E-state index contributed by atoms with van der Waals surface area (Å²) < 4.78 is 36.3. The molecule has 8 unspecified atom stereocenters. The van der Waals surface area contributed by atoms with Crippen LogP contribution in [0, 0.1) is 17.8 Å². The van der Waals surface area contributed by atoms with E-state index in [1.54, 1.807) is 6.92 Å². The number of aliphatic hydroxyl groups is 5. The first-order valence-corrected chi connectivity index (χ1v) is 14.1. The van der Waals surface area contributed by atoms with Crippen LogP contribution >= 0.6 is 0 Å². The van der Waals surface area contributed by atoms with Crippen molar-refractivity contribution in [2.24, 2.45) is 17.8 Å². The summed E-state index contributed by atoms with van der Waals surface area (Å²) in [6.07, 6.45) is -10.5. The monoisotopic (exact) mass is 562 g/mol. The fourth-order valence-corrected chi connectivity index (χ4v) is 6.48. The molecule has 0 aromatic rings. The van der Waals surface area contributed by atoms with E-state index in [1.165, 1.54) is 0 Å². The zero-order valence-electron chi connectivity index (χ0n) is 22.2. The minimum absolute atomic E-state index is 0.0290. The molecule has 5 rings (SSSR count). The lowest BCUT2D eigenvalue weighted by Crippen LogP contribution is -2.63. The molecule has 13 heteroatoms. The van der Waals surface area contributed by atoms with Gasteiger partial charge in [-0.2, -0.15) is 0 Å². The first kappa shape index (κ1) is 29.5. The molecule has 0 radical (unpaired) electrons. The molecule has 3 heterocycles. The van der Waals surface area contributed by atoms with Crippen LogP contribution in [0.2, 0.25) is 0 Å². The van der Waals surface area contributed by atoms with E-state index in [-0.39, 0.29) is 17.8 Å². The molecule has 3 saturated heterocycles. The number of hydrogen-bond donors (Lipinski definition) is 6. The predicted octanol–water partition coefficient (Wildman–Crippen LogP) is -1.25. The topological polar surface area (TPSA) is 194 Å². The molecule has 2 saturated carbocycles. The second-order valence-corrected chi connectivity index (χ2v) is 11.7. The Hall–Kier alpha value is -0.970. The van der Waals surface area contributed by atoms with E-state index >= 15 is 0 Å². The first-order valence-electron chi connectivity index (χ1n) is 14.1. The third-order valence-electron chi connectivity index (χ3n) is 8.99. The molecule has 3 aliphatic heterocycles. The highest BCUT2D eigenvalue weighted by atomic mass is 16.7. The second-order valence-electron chi connectivity index (χ2n) is 11.7. The van der Waals surface area contributed by atoms with Crippen molar-refractivity contribution in [3.63, 3.8) is 0 Å². The minimum atomic E-state index is -1.47. The first-order chi connectivity index (χ1) is 18.6. The Morgan fingerprint density at radius 2 is 1.64 bits per heavy atom. The fourth-order valence-electron chi connectivity index (χ4n) is 6.48. The van der Waals surface area contributed by atoms with Gasteiger partial charge in [-0.05, 0) is 50.4 Å². The quantitative estimate of drug-likeness (QED) is 0.225. The molecule has 0 bridgehead atoms. The molecule has 5 aliphatic rings. The average Bonchev–Trinajstić information content (AvgIpc) is 3.66. The summed E-state index contributed by atoms with van der Waals surface area (Å²) in [5.41, 5.74) is 0. The van der Waals surface area contributed by atoms with Gasteiger partial charge >= 0.3 is 5.97 Å². The van der Waals surface area contributed by atoms with Gasteiger partial charge in [0, 0.05) is 6.61 Å². The van der Waals surface area contributed by atoms with E-state index in [2.05, 4.69) is 0 Å². The number of ether oxygens (including phenoxy) is 6. The van der Waals surface area contributed by atoms with Crippen LogP contribution in [-0.2, 0) is 33.2 Å². The lowest BCUT2D eigenvalue weighted by molar-refractivity contribution is -0.352. The number of fused-ring (bicyclic) bond motifs is 2. The second kappa shape index (κ2) is 12.1. The number of carboxylic acid groups (broad SMARTS) is 1. The van der Waals surface area contributed by atoms with Gasteiger partial charge in [0.25, 0.3) is 0 Å². The normalized spacial score (nSPS) is 52.5. The van der Waals surface area contributed by atoms with E-state index in [0.717, 1.165) is 12.8 Å². The molecule has 39 heavy (non-hydrogen) atoms. The highest BCUT2D eigenvalue weighted by Crippen LogP contribution is 2.47. The van der Waals surface area contributed by atoms with E-state index < -0.39 is 92.3 Å². The molecular weight excluding hydrogens is 520 g/mol. The maximum Gasteiger partial charge on any atom is 0.333 e. The Balaban J connectivity index is 1.35. The van der Waals surface area contributed by atoms with Gasteiger partial charge < -0.3 is 59.1 Å². The van der Waals surface area contributed by atoms with Crippen LogP contribution < -0.4 is 0 Å². The van der Waals surface area contributed by atoms with E-state index in [0.29, 0.717) is 25.9 Å². The van der Waals surface area contributed by atoms with Crippen molar-refractivity contribution in [2.45, 2.75) is 126 Å². The number of hydrogen-bond acceptors (Lipinski definition) is 12. The van der Waals surface area contributed by atoms with Crippen LogP contribution in [0.4, 0.5) is 0 Å². The molecule has 2 aliphatic carbocycles. The Morgan fingerprint density at radius 3 is 2.36 bits per heavy atom. The van der Waals surface area contributed by atoms with Crippen molar-refractivity contribution in [3.05, 3.63) is 0 Å². The third kappa shape index (κ3) is 6.00. The highest BCUT2D eigenvalue weighted by molar-refractivity contribution is 5.73. The Labute approximate surface area is 226 Å². The molecule has 224 valence electrons. The average molecular weight is 563 g/mol. The number of aliphatic carboxylic acids is 1. The number of carboxylic acids is 1. The summed E-state index contributed by atoms with van der Waals surface area (Å²) in [6.45, 7) is 3.31. The van der Waals surface area contributed by atoms with Gasteiger partial charge in [-0.1, -0.05) is 13.3 Å². The van der Waals surface area contributed by atoms with Crippen molar-refractivity contribution in [1.29, 1.82) is 0 Å². The molecule has 16 atom stereocenters. The third-order valence-corrected chi connectivity index (χ3v) is 8.99. The summed E-state index contributed by atoms with van der Waals surface area (Å²) in [6, 6.07) is 0. The predicted molar refractivity (Wildman–Crippen MR) is 129 cm³/mol. The summed E-state index contributed by atoms with van der Waals surface area (Å²) >= 11 is 0. The Kier molecular flexibility index (Phi) is 9.16. The van der Waals surface area contributed by atoms with Crippen LogP contribution in [0.3, 0.4) is 0 Å². The van der Waals surface area contributed by atoms with Gasteiger partial charge in [-0.3, -0.25) is 0 Å². The van der Waals surface area contributed by atoms with Crippen LogP contribution in [0.1, 0.15) is 46.0 Å². The van der Waals surface area contributed by atoms with E-state index in [9.17, 15) is 35.4 Å². The maximum absolute atomic E-state index is 12.0. The Bertz CT molecular complexity index is 845. The van der Waals surface area contributed by atoms with Crippen molar-refractivity contribution in [1.82, 2.24) is 0 Å². The van der Waals surface area contributed by atoms with Gasteiger partial charge in [0.15, 0.2) is 18.7 Å². The van der Waals surface area contributed by atoms with Crippen molar-refractivity contribution >= 4 is 5.97 Å². The van der Waals surface area contributed by atoms with Crippen molar-refractivity contribution in [3.8, 4) is 0 Å². The molecule has 0 aromatic carbocycles. The molecular formula is C26H42O13. The van der Waals surface area contributed by atoms with Crippen LogP contribution in [0.5, 0.6) is 0 Å². The van der Waals surface area contributed by atoms with E-state index in [4.69, 9.17) is 28.4 Å². The summed E-state index contributed by atoms with van der Waals surface area (Å²) in [4.78, 5) is 12.0. The largest absolute Gasteiger partial charge is 0.479 e. The van der Waals surface area contributed by atoms with Crippen LogP contribution in [-0.4, -0.2) is 130 Å². The fraction of sp³-hybridized carbons (Fsp3) is 0.962. The van der Waals surface area contributed by atoms with Gasteiger partial charge in [0.05, 0.1) is 24.9 Å². The SMILES string of the molecule is CC1O[C@@H](OC2[C@H](C)CCC[C@H]2O[C@@H]2OC(CO)[C@H](O)C3O[C@@H](C(=O)O)C4CC4CCOC32)[C@@H](O)C(O)[C@@H]1O. The Morgan fingerprint density at radius 1 is 0.872 bits per heavy atom. The minimum Gasteiger partial charge on any atom is -0.479 e. The zero-order valence-corrected chi connectivity index (χ0v) is 22.2.